The Balaban J connectivity index is 1.13. The van der Waals surface area contributed by atoms with Crippen molar-refractivity contribution < 1.29 is 32.3 Å². The van der Waals surface area contributed by atoms with Crippen LogP contribution in [0.3, 0.4) is 0 Å². The number of pyridine rings is 1. The zero-order valence-electron chi connectivity index (χ0n) is 23.1. The second-order valence-electron chi connectivity index (χ2n) is 10.9. The van der Waals surface area contributed by atoms with Gasteiger partial charge in [0.1, 0.15) is 6.04 Å². The van der Waals surface area contributed by atoms with Crippen LogP contribution in [0, 0.1) is 0 Å². The summed E-state index contributed by atoms with van der Waals surface area (Å²) in [6.07, 6.45) is 3.05. The Morgan fingerprint density at radius 2 is 1.84 bits per heavy atom. The number of carbonyl (C=O) groups excluding carboxylic acids is 3. The molecular weight excluding hydrogens is 563 g/mol. The number of aromatic nitrogens is 2. The number of hydrogen-bond donors (Lipinski definition) is 3. The van der Waals surface area contributed by atoms with Gasteiger partial charge in [0.2, 0.25) is 11.8 Å². The Morgan fingerprint density at radius 1 is 1.05 bits per heavy atom. The summed E-state index contributed by atoms with van der Waals surface area (Å²) in [5.41, 5.74) is -0.0827. The molecule has 12 heteroatoms. The minimum absolute atomic E-state index is 0.0857. The number of nitrogens with zero attached hydrogens (tertiary/aromatic N) is 2. The van der Waals surface area contributed by atoms with Crippen molar-refractivity contribution in [2.75, 3.05) is 26.8 Å². The molecule has 222 valence electrons. The van der Waals surface area contributed by atoms with Crippen molar-refractivity contribution in [2.24, 2.45) is 0 Å². The molecule has 0 bridgehead atoms. The highest BCUT2D eigenvalue weighted by atomic mass is 19.3. The Kier molecular flexibility index (Phi) is 7.17. The van der Waals surface area contributed by atoms with Crippen LogP contribution in [0.1, 0.15) is 33.6 Å². The van der Waals surface area contributed by atoms with E-state index in [1.165, 1.54) is 37.4 Å². The molecule has 3 N–H and O–H groups in total. The molecule has 2 aliphatic rings. The molecule has 0 unspecified atom stereocenters. The lowest BCUT2D eigenvalue weighted by Gasteiger charge is -2.24. The molecule has 2 atom stereocenters. The second kappa shape index (κ2) is 10.8. The molecular formula is C31H28F3N5O4. The molecule has 4 aromatic rings. The number of likely N-dealkylation sites (tertiary alicyclic amines) is 1. The topological polar surface area (TPSA) is 116 Å². The molecule has 0 saturated carbocycles. The van der Waals surface area contributed by atoms with Crippen LogP contribution in [0.2, 0.25) is 0 Å². The third kappa shape index (κ3) is 5.22. The maximum absolute atomic E-state index is 15.6. The first-order chi connectivity index (χ1) is 20.6. The summed E-state index contributed by atoms with van der Waals surface area (Å²) in [6, 6.07) is 12.4. The first kappa shape index (κ1) is 28.4. The Bertz CT molecular complexity index is 1710. The molecule has 0 spiro atoms. The lowest BCUT2D eigenvalue weighted by atomic mass is 10.0. The number of benzene rings is 2. The molecule has 3 amide bonds. The Labute approximate surface area is 244 Å². The van der Waals surface area contributed by atoms with Crippen LogP contribution >= 0.6 is 0 Å². The van der Waals surface area contributed by atoms with E-state index in [1.807, 2.05) is 6.07 Å². The average Bonchev–Trinajstić information content (AvgIpc) is 3.65. The van der Waals surface area contributed by atoms with Crippen LogP contribution < -0.4 is 10.6 Å². The largest absolute Gasteiger partial charge is 0.381 e. The van der Waals surface area contributed by atoms with Crippen LogP contribution in [0.5, 0.6) is 0 Å². The molecule has 2 aromatic heterocycles. The molecule has 2 aromatic carbocycles. The van der Waals surface area contributed by atoms with Gasteiger partial charge in [-0.05, 0) is 35.4 Å². The van der Waals surface area contributed by atoms with Crippen molar-refractivity contribution in [3.8, 4) is 11.1 Å². The van der Waals surface area contributed by atoms with Gasteiger partial charge in [-0.2, -0.15) is 8.78 Å². The van der Waals surface area contributed by atoms with Gasteiger partial charge in [0.05, 0.1) is 26.2 Å². The number of fused-ring (bicyclic) bond motifs is 4. The highest BCUT2D eigenvalue weighted by molar-refractivity contribution is 5.99. The number of amides is 3. The number of ether oxygens (including phenoxy) is 1. The summed E-state index contributed by atoms with van der Waals surface area (Å²) in [5, 5.41) is 6.11. The van der Waals surface area contributed by atoms with E-state index in [9.17, 15) is 23.2 Å². The van der Waals surface area contributed by atoms with Crippen molar-refractivity contribution >= 4 is 28.6 Å². The number of rotatable bonds is 8. The van der Waals surface area contributed by atoms with Crippen molar-refractivity contribution in [1.29, 1.82) is 0 Å². The van der Waals surface area contributed by atoms with Gasteiger partial charge in [-0.15, -0.1) is 0 Å². The number of hydrogen-bond acceptors (Lipinski definition) is 5. The van der Waals surface area contributed by atoms with Gasteiger partial charge in [-0.25, -0.2) is 4.39 Å². The van der Waals surface area contributed by atoms with Gasteiger partial charge in [-0.1, -0.05) is 30.3 Å². The summed E-state index contributed by atoms with van der Waals surface area (Å²) in [4.78, 5) is 47.7. The molecule has 3 heterocycles. The Morgan fingerprint density at radius 3 is 2.63 bits per heavy atom. The van der Waals surface area contributed by atoms with Crippen LogP contribution in [0.25, 0.3) is 22.0 Å². The van der Waals surface area contributed by atoms with Gasteiger partial charge >= 0.3 is 0 Å². The molecule has 9 nitrogen and oxygen atoms in total. The number of methoxy groups -OCH3 is 1. The first-order valence-electron chi connectivity index (χ1n) is 13.7. The van der Waals surface area contributed by atoms with Crippen molar-refractivity contribution in [1.82, 2.24) is 25.5 Å². The minimum atomic E-state index is -3.19. The number of nitrogens with one attached hydrogen (secondary N) is 3. The zero-order valence-corrected chi connectivity index (χ0v) is 23.1. The summed E-state index contributed by atoms with van der Waals surface area (Å²) in [5.74, 6) is -5.07. The fraction of sp³-hybridized carbons (Fsp3) is 0.290. The van der Waals surface area contributed by atoms with E-state index in [0.29, 0.717) is 11.3 Å². The Hall–Kier alpha value is -4.71. The van der Waals surface area contributed by atoms with Crippen LogP contribution in [-0.4, -0.2) is 71.1 Å². The fourth-order valence-electron chi connectivity index (χ4n) is 5.90. The normalized spacial score (nSPS) is 20.1. The first-order valence-corrected chi connectivity index (χ1v) is 13.7. The highest BCUT2D eigenvalue weighted by Gasteiger charge is 2.49. The number of carbonyl (C=O) groups is 3. The van der Waals surface area contributed by atoms with E-state index < -0.39 is 48.4 Å². The van der Waals surface area contributed by atoms with Gasteiger partial charge < -0.3 is 25.3 Å². The van der Waals surface area contributed by atoms with E-state index in [4.69, 9.17) is 4.74 Å². The average molecular weight is 592 g/mol. The second-order valence-corrected chi connectivity index (χ2v) is 10.9. The zero-order chi connectivity index (χ0) is 30.4. The maximum atomic E-state index is 15.6. The summed E-state index contributed by atoms with van der Waals surface area (Å²) >= 11 is 0. The van der Waals surface area contributed by atoms with Gasteiger partial charge in [0.15, 0.2) is 5.67 Å². The van der Waals surface area contributed by atoms with E-state index >= 15 is 4.39 Å². The highest BCUT2D eigenvalue weighted by Crippen LogP contribution is 2.50. The summed E-state index contributed by atoms with van der Waals surface area (Å²) in [7, 11) is 1.33. The van der Waals surface area contributed by atoms with Crippen molar-refractivity contribution in [3.63, 3.8) is 0 Å². The molecule has 1 fully saturated rings. The monoisotopic (exact) mass is 591 g/mol. The van der Waals surface area contributed by atoms with Gasteiger partial charge in [0, 0.05) is 59.2 Å². The van der Waals surface area contributed by atoms with Crippen LogP contribution in [0.4, 0.5) is 13.2 Å². The van der Waals surface area contributed by atoms with Crippen molar-refractivity contribution in [2.45, 2.75) is 30.6 Å². The van der Waals surface area contributed by atoms with Gasteiger partial charge in [-0.3, -0.25) is 19.4 Å². The third-order valence-corrected chi connectivity index (χ3v) is 7.92. The van der Waals surface area contributed by atoms with E-state index in [0.717, 1.165) is 15.8 Å². The van der Waals surface area contributed by atoms with Gasteiger partial charge in [0.25, 0.3) is 11.8 Å². The smallest absolute Gasteiger partial charge is 0.299 e. The van der Waals surface area contributed by atoms with E-state index in [-0.39, 0.29) is 41.8 Å². The number of halogens is 3. The standard InChI is InChI=1S/C31H28F3N5O4/c1-43-17-30(32)12-26(29(42)36-14-20-10-19-13-35-9-8-25(19)38-20)39(16-30)27(40)15-37-28(41)18-6-7-24-22(11-18)21-4-2-3-5-23(21)31(24,33)34/h2-11,13,26,38H,12,14-17H2,1H3,(H,36,42)(H,37,41)/t26-,30+/m0/s1. The lowest BCUT2D eigenvalue weighted by molar-refractivity contribution is -0.137. The quantitative estimate of drug-likeness (QED) is 0.289. The molecule has 43 heavy (non-hydrogen) atoms. The molecule has 1 aliphatic carbocycles. The number of alkyl halides is 3. The number of aromatic amines is 1. The SMILES string of the molecule is COC[C@@]1(F)C[C@@H](C(=O)NCc2cc3cnccc3[nH]2)N(C(=O)CNC(=O)c2ccc3c(c2)-c2ccccc2C3(F)F)C1. The van der Waals surface area contributed by atoms with Crippen LogP contribution in [0.15, 0.2) is 67.0 Å². The van der Waals surface area contributed by atoms with Crippen LogP contribution in [-0.2, 0) is 26.8 Å². The number of H-pyrrole nitrogens is 1. The minimum Gasteiger partial charge on any atom is -0.381 e. The molecule has 6 rings (SSSR count). The fourth-order valence-corrected chi connectivity index (χ4v) is 5.90. The predicted molar refractivity (Wildman–Crippen MR) is 151 cm³/mol. The molecule has 0 radical (unpaired) electrons. The van der Waals surface area contributed by atoms with Crippen molar-refractivity contribution in [3.05, 3.63) is 89.4 Å². The third-order valence-electron chi connectivity index (χ3n) is 7.92. The van der Waals surface area contributed by atoms with E-state index in [1.54, 1.807) is 30.6 Å². The van der Waals surface area contributed by atoms with E-state index in [2.05, 4.69) is 20.6 Å². The molecule has 1 aliphatic heterocycles. The summed E-state index contributed by atoms with van der Waals surface area (Å²) in [6.45, 7) is -1.11. The molecule has 1 saturated heterocycles. The predicted octanol–water partition coefficient (Wildman–Crippen LogP) is 3.69. The summed E-state index contributed by atoms with van der Waals surface area (Å²) < 4.78 is 50.3. The lowest BCUT2D eigenvalue weighted by Crippen LogP contribution is -2.49. The maximum Gasteiger partial charge on any atom is 0.299 e.